The van der Waals surface area contributed by atoms with Crippen molar-refractivity contribution in [2.45, 2.75) is 6.23 Å². The molecule has 1 atom stereocenters. The molecule has 0 saturated heterocycles. The number of nitrogens with zero attached hydrogens (tertiary/aromatic N) is 2. The van der Waals surface area contributed by atoms with Crippen LogP contribution in [0.5, 0.6) is 0 Å². The van der Waals surface area contributed by atoms with Crippen LogP contribution in [0, 0.1) is 0 Å². The summed E-state index contributed by atoms with van der Waals surface area (Å²) in [4.78, 5) is 0. The number of nitrogens with one attached hydrogen (secondary N) is 1. The SMILES string of the molecule is OC1C=NNc2cccn21. The third kappa shape index (κ3) is 0.625. The molecule has 1 aliphatic rings. The van der Waals surface area contributed by atoms with Crippen LogP contribution in [0.4, 0.5) is 5.82 Å². The first-order valence-corrected chi connectivity index (χ1v) is 3.02. The highest BCUT2D eigenvalue weighted by Crippen LogP contribution is 2.16. The van der Waals surface area contributed by atoms with Gasteiger partial charge in [-0.1, -0.05) is 0 Å². The van der Waals surface area contributed by atoms with E-state index in [2.05, 4.69) is 10.5 Å². The van der Waals surface area contributed by atoms with Crippen molar-refractivity contribution >= 4 is 12.0 Å². The van der Waals surface area contributed by atoms with E-state index in [1.165, 1.54) is 6.21 Å². The monoisotopic (exact) mass is 137 g/mol. The Balaban J connectivity index is 2.48. The van der Waals surface area contributed by atoms with E-state index in [-0.39, 0.29) is 0 Å². The average molecular weight is 137 g/mol. The average Bonchev–Trinajstić information content (AvgIpc) is 2.36. The molecule has 0 fully saturated rings. The first-order chi connectivity index (χ1) is 4.88. The van der Waals surface area contributed by atoms with Crippen LogP contribution in [0.3, 0.4) is 0 Å². The molecule has 0 amide bonds. The van der Waals surface area contributed by atoms with Gasteiger partial charge in [-0.05, 0) is 12.1 Å². The van der Waals surface area contributed by atoms with E-state index in [9.17, 15) is 5.11 Å². The minimum atomic E-state index is -0.619. The second-order valence-corrected chi connectivity index (χ2v) is 2.10. The van der Waals surface area contributed by atoms with Crippen molar-refractivity contribution in [3.05, 3.63) is 18.3 Å². The molecular formula is C6H7N3O. The number of hydrogen-bond donors (Lipinski definition) is 2. The van der Waals surface area contributed by atoms with Crippen molar-refractivity contribution in [1.29, 1.82) is 0 Å². The maximum absolute atomic E-state index is 9.22. The van der Waals surface area contributed by atoms with Gasteiger partial charge in [0.1, 0.15) is 5.82 Å². The Hall–Kier alpha value is -1.29. The van der Waals surface area contributed by atoms with Crippen LogP contribution in [0.15, 0.2) is 23.4 Å². The largest absolute Gasteiger partial charge is 0.368 e. The van der Waals surface area contributed by atoms with Crippen molar-refractivity contribution < 1.29 is 5.11 Å². The first-order valence-electron chi connectivity index (χ1n) is 3.02. The summed E-state index contributed by atoms with van der Waals surface area (Å²) < 4.78 is 1.69. The second kappa shape index (κ2) is 1.85. The predicted molar refractivity (Wildman–Crippen MR) is 37.8 cm³/mol. The van der Waals surface area contributed by atoms with Crippen LogP contribution in [-0.4, -0.2) is 15.9 Å². The molecule has 2 heterocycles. The van der Waals surface area contributed by atoms with Crippen molar-refractivity contribution in [2.24, 2.45) is 5.10 Å². The van der Waals surface area contributed by atoms with Gasteiger partial charge in [0.2, 0.25) is 0 Å². The van der Waals surface area contributed by atoms with Gasteiger partial charge in [-0.15, -0.1) is 0 Å². The molecule has 4 heteroatoms. The summed E-state index contributed by atoms with van der Waals surface area (Å²) in [5, 5.41) is 12.9. The Bertz CT molecular complexity index is 266. The van der Waals surface area contributed by atoms with Crippen LogP contribution in [0.2, 0.25) is 0 Å². The Morgan fingerprint density at radius 3 is 3.40 bits per heavy atom. The van der Waals surface area contributed by atoms with Gasteiger partial charge in [-0.2, -0.15) is 5.10 Å². The van der Waals surface area contributed by atoms with Crippen molar-refractivity contribution in [2.75, 3.05) is 5.43 Å². The summed E-state index contributed by atoms with van der Waals surface area (Å²) in [5.41, 5.74) is 2.75. The molecule has 1 unspecified atom stereocenters. The molecule has 0 radical (unpaired) electrons. The maximum atomic E-state index is 9.22. The van der Waals surface area contributed by atoms with Crippen LogP contribution < -0.4 is 5.43 Å². The zero-order valence-corrected chi connectivity index (χ0v) is 5.23. The predicted octanol–water partition coefficient (Wildman–Crippen LogP) is 0.390. The number of hydrogen-bond acceptors (Lipinski definition) is 3. The van der Waals surface area contributed by atoms with E-state index in [4.69, 9.17) is 0 Å². The molecular weight excluding hydrogens is 130 g/mol. The molecule has 1 aliphatic heterocycles. The fourth-order valence-corrected chi connectivity index (χ4v) is 0.961. The zero-order chi connectivity index (χ0) is 6.97. The van der Waals surface area contributed by atoms with Gasteiger partial charge in [0.05, 0.1) is 6.21 Å². The normalized spacial score (nSPS) is 21.9. The summed E-state index contributed by atoms with van der Waals surface area (Å²) in [6.45, 7) is 0. The fraction of sp³-hybridized carbons (Fsp3) is 0.167. The molecule has 2 rings (SSSR count). The minimum Gasteiger partial charge on any atom is -0.368 e. The van der Waals surface area contributed by atoms with Gasteiger partial charge in [-0.25, -0.2) is 0 Å². The lowest BCUT2D eigenvalue weighted by Gasteiger charge is -2.15. The Morgan fingerprint density at radius 2 is 2.60 bits per heavy atom. The van der Waals surface area contributed by atoms with E-state index < -0.39 is 6.23 Å². The Kier molecular flexibility index (Phi) is 1.01. The standard InChI is InChI=1S/C6H7N3O/c10-6-4-7-8-5-2-1-3-9(5)6/h1-4,6,8,10H. The lowest BCUT2D eigenvalue weighted by atomic mass is 10.5. The summed E-state index contributed by atoms with van der Waals surface area (Å²) in [6, 6.07) is 3.69. The summed E-state index contributed by atoms with van der Waals surface area (Å²) in [7, 11) is 0. The van der Waals surface area contributed by atoms with E-state index in [1.54, 1.807) is 10.8 Å². The third-order valence-corrected chi connectivity index (χ3v) is 1.45. The number of hydrazone groups is 1. The van der Waals surface area contributed by atoms with Crippen LogP contribution in [0.25, 0.3) is 0 Å². The van der Waals surface area contributed by atoms with Gasteiger partial charge in [0.25, 0.3) is 0 Å². The summed E-state index contributed by atoms with van der Waals surface area (Å²) >= 11 is 0. The lowest BCUT2D eigenvalue weighted by Crippen LogP contribution is -2.15. The fourth-order valence-electron chi connectivity index (χ4n) is 0.961. The number of anilines is 1. The molecule has 4 nitrogen and oxygen atoms in total. The maximum Gasteiger partial charge on any atom is 0.170 e. The molecule has 0 bridgehead atoms. The minimum absolute atomic E-state index is 0.619. The van der Waals surface area contributed by atoms with Crippen molar-refractivity contribution in [1.82, 2.24) is 4.57 Å². The molecule has 2 N–H and O–H groups in total. The number of aromatic nitrogens is 1. The van der Waals surface area contributed by atoms with Gasteiger partial charge in [-0.3, -0.25) is 5.43 Å². The molecule has 0 aromatic carbocycles. The quantitative estimate of drug-likeness (QED) is 0.543. The molecule has 1 aromatic heterocycles. The van der Waals surface area contributed by atoms with Crippen LogP contribution in [-0.2, 0) is 0 Å². The van der Waals surface area contributed by atoms with E-state index in [0.717, 1.165) is 5.82 Å². The highest BCUT2D eigenvalue weighted by atomic mass is 16.3. The van der Waals surface area contributed by atoms with Gasteiger partial charge in [0.15, 0.2) is 6.23 Å². The van der Waals surface area contributed by atoms with Gasteiger partial charge < -0.3 is 9.67 Å². The molecule has 52 valence electrons. The topological polar surface area (TPSA) is 49.6 Å². The number of aliphatic hydroxyl groups excluding tert-OH is 1. The van der Waals surface area contributed by atoms with E-state index in [0.29, 0.717) is 0 Å². The number of rotatable bonds is 0. The Labute approximate surface area is 57.8 Å². The van der Waals surface area contributed by atoms with Gasteiger partial charge >= 0.3 is 0 Å². The highest BCUT2D eigenvalue weighted by Gasteiger charge is 2.10. The molecule has 0 saturated carbocycles. The molecule has 0 aliphatic carbocycles. The smallest absolute Gasteiger partial charge is 0.170 e. The Morgan fingerprint density at radius 1 is 1.70 bits per heavy atom. The summed E-state index contributed by atoms with van der Waals surface area (Å²) in [6.07, 6.45) is 2.61. The molecule has 1 aromatic rings. The van der Waals surface area contributed by atoms with Crippen molar-refractivity contribution in [3.8, 4) is 0 Å². The lowest BCUT2D eigenvalue weighted by molar-refractivity contribution is 0.179. The zero-order valence-electron chi connectivity index (χ0n) is 5.23. The van der Waals surface area contributed by atoms with Crippen molar-refractivity contribution in [3.63, 3.8) is 0 Å². The summed E-state index contributed by atoms with van der Waals surface area (Å²) in [5.74, 6) is 0.815. The van der Waals surface area contributed by atoms with Gasteiger partial charge in [0, 0.05) is 6.20 Å². The molecule has 0 spiro atoms. The second-order valence-electron chi connectivity index (χ2n) is 2.10. The number of fused-ring (bicyclic) bond motifs is 1. The van der Waals surface area contributed by atoms with Crippen LogP contribution in [0.1, 0.15) is 6.23 Å². The van der Waals surface area contributed by atoms with Crippen LogP contribution >= 0.6 is 0 Å². The third-order valence-electron chi connectivity index (χ3n) is 1.45. The molecule has 10 heavy (non-hydrogen) atoms. The first kappa shape index (κ1) is 5.49. The van der Waals surface area contributed by atoms with E-state index in [1.807, 2.05) is 12.1 Å². The highest BCUT2D eigenvalue weighted by molar-refractivity contribution is 5.65. The number of aliphatic hydroxyl groups is 1. The van der Waals surface area contributed by atoms with E-state index >= 15 is 0 Å².